The Hall–Kier alpha value is -1.10. The molecule has 1 aliphatic heterocycles. The van der Waals surface area contributed by atoms with Crippen LogP contribution < -0.4 is 5.32 Å². The van der Waals surface area contributed by atoms with Crippen molar-refractivity contribution in [2.45, 2.75) is 19.8 Å². The minimum Gasteiger partial charge on any atom is -0.408 e. The SMILES string of the molecule is Cc1nnc(NCC2CCOCC2)o1. The molecule has 0 unspecified atom stereocenters. The Morgan fingerprint density at radius 3 is 2.79 bits per heavy atom. The van der Waals surface area contributed by atoms with Gasteiger partial charge in [-0.25, -0.2) is 0 Å². The molecule has 1 aliphatic rings. The van der Waals surface area contributed by atoms with Crippen LogP contribution in [0, 0.1) is 12.8 Å². The molecular weight excluding hydrogens is 182 g/mol. The molecule has 0 bridgehead atoms. The second-order valence-corrected chi connectivity index (χ2v) is 3.56. The van der Waals surface area contributed by atoms with E-state index in [-0.39, 0.29) is 0 Å². The number of hydrogen-bond donors (Lipinski definition) is 1. The Kier molecular flexibility index (Phi) is 2.98. The van der Waals surface area contributed by atoms with Gasteiger partial charge in [-0.3, -0.25) is 0 Å². The third kappa shape index (κ3) is 2.45. The van der Waals surface area contributed by atoms with E-state index in [1.807, 2.05) is 0 Å². The highest BCUT2D eigenvalue weighted by molar-refractivity contribution is 5.16. The first-order chi connectivity index (χ1) is 6.84. The van der Waals surface area contributed by atoms with Gasteiger partial charge in [-0.2, -0.15) is 0 Å². The van der Waals surface area contributed by atoms with Crippen LogP contribution in [0.4, 0.5) is 6.01 Å². The second-order valence-electron chi connectivity index (χ2n) is 3.56. The summed E-state index contributed by atoms with van der Waals surface area (Å²) >= 11 is 0. The van der Waals surface area contributed by atoms with Crippen molar-refractivity contribution in [1.29, 1.82) is 0 Å². The molecule has 0 amide bonds. The summed E-state index contributed by atoms with van der Waals surface area (Å²) in [5.41, 5.74) is 0. The maximum atomic E-state index is 5.28. The molecule has 0 radical (unpaired) electrons. The fourth-order valence-corrected chi connectivity index (χ4v) is 1.55. The van der Waals surface area contributed by atoms with Gasteiger partial charge in [0.25, 0.3) is 0 Å². The summed E-state index contributed by atoms with van der Waals surface area (Å²) in [7, 11) is 0. The zero-order valence-corrected chi connectivity index (χ0v) is 8.32. The first kappa shape index (κ1) is 9.45. The molecule has 0 aliphatic carbocycles. The number of hydrogen-bond acceptors (Lipinski definition) is 5. The van der Waals surface area contributed by atoms with Crippen LogP contribution in [0.15, 0.2) is 4.42 Å². The lowest BCUT2D eigenvalue weighted by atomic mass is 10.0. The van der Waals surface area contributed by atoms with Gasteiger partial charge in [-0.15, -0.1) is 5.10 Å². The number of aryl methyl sites for hydroxylation is 1. The van der Waals surface area contributed by atoms with Gasteiger partial charge in [0.2, 0.25) is 5.89 Å². The van der Waals surface area contributed by atoms with Gasteiger partial charge in [0, 0.05) is 26.7 Å². The highest BCUT2D eigenvalue weighted by Gasteiger charge is 2.14. The number of nitrogens with zero attached hydrogens (tertiary/aromatic N) is 2. The molecule has 1 fully saturated rings. The molecule has 1 saturated heterocycles. The van der Waals surface area contributed by atoms with Crippen LogP contribution in [0.1, 0.15) is 18.7 Å². The fraction of sp³-hybridized carbons (Fsp3) is 0.778. The lowest BCUT2D eigenvalue weighted by Crippen LogP contribution is -2.22. The topological polar surface area (TPSA) is 60.2 Å². The van der Waals surface area contributed by atoms with Gasteiger partial charge in [0.15, 0.2) is 0 Å². The molecule has 78 valence electrons. The van der Waals surface area contributed by atoms with Crippen molar-refractivity contribution in [3.8, 4) is 0 Å². The molecule has 1 N–H and O–H groups in total. The van der Waals surface area contributed by atoms with Gasteiger partial charge in [0.1, 0.15) is 0 Å². The van der Waals surface area contributed by atoms with Crippen LogP contribution in [0.25, 0.3) is 0 Å². The van der Waals surface area contributed by atoms with Gasteiger partial charge < -0.3 is 14.5 Å². The molecule has 5 heteroatoms. The minimum absolute atomic E-state index is 0.522. The molecular formula is C9H15N3O2. The van der Waals surface area contributed by atoms with Crippen molar-refractivity contribution in [3.63, 3.8) is 0 Å². The highest BCUT2D eigenvalue weighted by atomic mass is 16.5. The summed E-state index contributed by atoms with van der Waals surface area (Å²) in [4.78, 5) is 0. The lowest BCUT2D eigenvalue weighted by Gasteiger charge is -2.21. The number of nitrogens with one attached hydrogen (secondary N) is 1. The fourth-order valence-electron chi connectivity index (χ4n) is 1.55. The molecule has 0 saturated carbocycles. The average Bonchev–Trinajstić information content (AvgIpc) is 2.63. The molecule has 0 atom stereocenters. The summed E-state index contributed by atoms with van der Waals surface area (Å²) in [6, 6.07) is 0.522. The summed E-state index contributed by atoms with van der Waals surface area (Å²) in [5, 5.41) is 10.8. The zero-order chi connectivity index (χ0) is 9.80. The molecule has 2 heterocycles. The second kappa shape index (κ2) is 4.41. The summed E-state index contributed by atoms with van der Waals surface area (Å²) in [5.74, 6) is 1.26. The van der Waals surface area contributed by atoms with Crippen LogP contribution in [0.5, 0.6) is 0 Å². The molecule has 14 heavy (non-hydrogen) atoms. The highest BCUT2D eigenvalue weighted by Crippen LogP contribution is 2.15. The summed E-state index contributed by atoms with van der Waals surface area (Å²) < 4.78 is 10.5. The van der Waals surface area contributed by atoms with E-state index in [0.29, 0.717) is 17.8 Å². The van der Waals surface area contributed by atoms with E-state index >= 15 is 0 Å². The van der Waals surface area contributed by atoms with Crippen molar-refractivity contribution in [2.24, 2.45) is 5.92 Å². The van der Waals surface area contributed by atoms with E-state index in [2.05, 4.69) is 15.5 Å². The number of ether oxygens (including phenoxy) is 1. The predicted molar refractivity (Wildman–Crippen MR) is 51.1 cm³/mol. The maximum Gasteiger partial charge on any atom is 0.315 e. The molecule has 0 aromatic carbocycles. The van der Waals surface area contributed by atoms with E-state index < -0.39 is 0 Å². The normalized spacial score (nSPS) is 18.4. The van der Waals surface area contributed by atoms with Crippen molar-refractivity contribution in [2.75, 3.05) is 25.1 Å². The largest absolute Gasteiger partial charge is 0.408 e. The van der Waals surface area contributed by atoms with E-state index in [4.69, 9.17) is 9.15 Å². The third-order valence-electron chi connectivity index (χ3n) is 2.41. The van der Waals surface area contributed by atoms with E-state index in [1.165, 1.54) is 0 Å². The maximum absolute atomic E-state index is 5.28. The molecule has 1 aromatic heterocycles. The monoisotopic (exact) mass is 197 g/mol. The van der Waals surface area contributed by atoms with Crippen molar-refractivity contribution in [1.82, 2.24) is 10.2 Å². The number of rotatable bonds is 3. The van der Waals surface area contributed by atoms with Gasteiger partial charge in [0.05, 0.1) is 0 Å². The van der Waals surface area contributed by atoms with E-state index in [9.17, 15) is 0 Å². The van der Waals surface area contributed by atoms with Crippen LogP contribution in [0.2, 0.25) is 0 Å². The van der Waals surface area contributed by atoms with E-state index in [0.717, 1.165) is 32.6 Å². The smallest absolute Gasteiger partial charge is 0.315 e. The average molecular weight is 197 g/mol. The first-order valence-corrected chi connectivity index (χ1v) is 4.96. The number of aromatic nitrogens is 2. The third-order valence-corrected chi connectivity index (χ3v) is 2.41. The van der Waals surface area contributed by atoms with Crippen LogP contribution >= 0.6 is 0 Å². The minimum atomic E-state index is 0.522. The van der Waals surface area contributed by atoms with Crippen LogP contribution in [0.3, 0.4) is 0 Å². The van der Waals surface area contributed by atoms with Crippen LogP contribution in [-0.2, 0) is 4.74 Å². The zero-order valence-electron chi connectivity index (χ0n) is 8.32. The Balaban J connectivity index is 1.76. The predicted octanol–water partition coefficient (Wildman–Crippen LogP) is 1.22. The Labute approximate surface area is 82.8 Å². The Morgan fingerprint density at radius 1 is 1.36 bits per heavy atom. The quantitative estimate of drug-likeness (QED) is 0.789. The first-order valence-electron chi connectivity index (χ1n) is 4.96. The van der Waals surface area contributed by atoms with Crippen LogP contribution in [-0.4, -0.2) is 30.0 Å². The van der Waals surface area contributed by atoms with E-state index in [1.54, 1.807) is 6.92 Å². The molecule has 1 aromatic rings. The Bertz CT molecular complexity index is 281. The van der Waals surface area contributed by atoms with Crippen molar-refractivity contribution < 1.29 is 9.15 Å². The van der Waals surface area contributed by atoms with Gasteiger partial charge in [-0.1, -0.05) is 5.10 Å². The Morgan fingerprint density at radius 2 is 2.14 bits per heavy atom. The lowest BCUT2D eigenvalue weighted by molar-refractivity contribution is 0.0698. The molecule has 0 spiro atoms. The number of anilines is 1. The van der Waals surface area contributed by atoms with Crippen molar-refractivity contribution >= 4 is 6.01 Å². The standard InChI is InChI=1S/C9H15N3O2/c1-7-11-12-9(14-7)10-6-8-2-4-13-5-3-8/h8H,2-6H2,1H3,(H,10,12). The summed E-state index contributed by atoms with van der Waals surface area (Å²) in [6.45, 7) is 4.42. The van der Waals surface area contributed by atoms with Gasteiger partial charge in [-0.05, 0) is 18.8 Å². The molecule has 2 rings (SSSR count). The van der Waals surface area contributed by atoms with Crippen molar-refractivity contribution in [3.05, 3.63) is 5.89 Å². The molecule has 5 nitrogen and oxygen atoms in total. The van der Waals surface area contributed by atoms with Gasteiger partial charge >= 0.3 is 6.01 Å². The summed E-state index contributed by atoms with van der Waals surface area (Å²) in [6.07, 6.45) is 2.22.